The van der Waals surface area contributed by atoms with E-state index < -0.39 is 16.3 Å². The predicted molar refractivity (Wildman–Crippen MR) is 74.9 cm³/mol. The van der Waals surface area contributed by atoms with E-state index in [9.17, 15) is 20.0 Å². The maximum Gasteiger partial charge on any atom is 0.315 e. The SMILES string of the molecule is CC(C)(C(=O)O)c1csc(-c2ccccc2[N+](=O)[O-])n1. The first-order valence-electron chi connectivity index (χ1n) is 5.77. The molecule has 2 aromatic rings. The highest BCUT2D eigenvalue weighted by molar-refractivity contribution is 7.13. The molecule has 0 spiro atoms. The average Bonchev–Trinajstić information content (AvgIpc) is 2.88. The van der Waals surface area contributed by atoms with Crippen LogP contribution >= 0.6 is 11.3 Å². The molecule has 7 heteroatoms. The van der Waals surface area contributed by atoms with Gasteiger partial charge in [-0.15, -0.1) is 11.3 Å². The maximum absolute atomic E-state index is 11.2. The van der Waals surface area contributed by atoms with E-state index in [1.54, 1.807) is 37.4 Å². The second kappa shape index (κ2) is 5.01. The number of benzene rings is 1. The Kier molecular flexibility index (Phi) is 3.54. The van der Waals surface area contributed by atoms with Crippen molar-refractivity contribution in [2.75, 3.05) is 0 Å². The third-order valence-electron chi connectivity index (χ3n) is 3.01. The molecule has 1 aromatic heterocycles. The second-order valence-corrected chi connectivity index (χ2v) is 5.60. The molecule has 0 saturated heterocycles. The lowest BCUT2D eigenvalue weighted by atomic mass is 9.90. The summed E-state index contributed by atoms with van der Waals surface area (Å²) >= 11 is 1.20. The Morgan fingerprint density at radius 3 is 2.65 bits per heavy atom. The molecule has 2 rings (SSSR count). The summed E-state index contributed by atoms with van der Waals surface area (Å²) in [4.78, 5) is 26.0. The Morgan fingerprint density at radius 1 is 1.40 bits per heavy atom. The Balaban J connectivity index is 2.50. The summed E-state index contributed by atoms with van der Waals surface area (Å²) in [5.41, 5.74) is -0.377. The topological polar surface area (TPSA) is 93.3 Å². The van der Waals surface area contributed by atoms with Crippen LogP contribution in [0.25, 0.3) is 10.6 Å². The van der Waals surface area contributed by atoms with Gasteiger partial charge in [0.05, 0.1) is 16.2 Å². The van der Waals surface area contributed by atoms with Crippen LogP contribution in [0.2, 0.25) is 0 Å². The number of hydrogen-bond acceptors (Lipinski definition) is 5. The number of carboxylic acids is 1. The van der Waals surface area contributed by atoms with Gasteiger partial charge < -0.3 is 5.11 Å². The van der Waals surface area contributed by atoms with Crippen LogP contribution in [0.4, 0.5) is 5.69 Å². The molecule has 104 valence electrons. The minimum Gasteiger partial charge on any atom is -0.481 e. The summed E-state index contributed by atoms with van der Waals surface area (Å²) in [6, 6.07) is 6.27. The van der Waals surface area contributed by atoms with Gasteiger partial charge in [0.1, 0.15) is 10.4 Å². The zero-order chi connectivity index (χ0) is 14.9. The van der Waals surface area contributed by atoms with Crippen LogP contribution in [0.3, 0.4) is 0 Å². The first-order chi connectivity index (χ1) is 9.34. The number of nitro benzene ring substituents is 1. The van der Waals surface area contributed by atoms with Gasteiger partial charge >= 0.3 is 5.97 Å². The zero-order valence-electron chi connectivity index (χ0n) is 10.9. The molecule has 1 aromatic carbocycles. The molecule has 0 amide bonds. The molecule has 0 unspecified atom stereocenters. The van der Waals surface area contributed by atoms with E-state index in [1.807, 2.05) is 0 Å². The smallest absolute Gasteiger partial charge is 0.315 e. The molecule has 0 radical (unpaired) electrons. The molecule has 0 aliphatic rings. The molecule has 0 saturated carbocycles. The summed E-state index contributed by atoms with van der Waals surface area (Å²) in [7, 11) is 0. The van der Waals surface area contributed by atoms with Crippen molar-refractivity contribution in [2.45, 2.75) is 19.3 Å². The molecule has 1 N–H and O–H groups in total. The van der Waals surface area contributed by atoms with Crippen LogP contribution in [-0.4, -0.2) is 21.0 Å². The molecule has 0 bridgehead atoms. The normalized spacial score (nSPS) is 11.3. The summed E-state index contributed by atoms with van der Waals surface area (Å²) in [6.07, 6.45) is 0. The van der Waals surface area contributed by atoms with E-state index in [0.717, 1.165) is 0 Å². The molecule has 0 atom stereocenters. The van der Waals surface area contributed by atoms with Gasteiger partial charge in [0.2, 0.25) is 0 Å². The molecule has 6 nitrogen and oxygen atoms in total. The van der Waals surface area contributed by atoms with Crippen LogP contribution in [-0.2, 0) is 10.2 Å². The summed E-state index contributed by atoms with van der Waals surface area (Å²) in [5.74, 6) is -0.989. The lowest BCUT2D eigenvalue weighted by Gasteiger charge is -2.15. The van der Waals surface area contributed by atoms with Crippen molar-refractivity contribution in [3.8, 4) is 10.6 Å². The molecule has 0 aliphatic heterocycles. The average molecular weight is 292 g/mol. The Morgan fingerprint density at radius 2 is 2.05 bits per heavy atom. The van der Waals surface area contributed by atoms with E-state index >= 15 is 0 Å². The zero-order valence-corrected chi connectivity index (χ0v) is 11.7. The highest BCUT2D eigenvalue weighted by Crippen LogP contribution is 2.34. The van der Waals surface area contributed by atoms with Crippen LogP contribution in [0.15, 0.2) is 29.6 Å². The van der Waals surface area contributed by atoms with Gasteiger partial charge in [0.15, 0.2) is 0 Å². The number of nitrogens with zero attached hydrogens (tertiary/aromatic N) is 2. The number of carbonyl (C=O) groups is 1. The van der Waals surface area contributed by atoms with Crippen molar-refractivity contribution < 1.29 is 14.8 Å². The fourth-order valence-corrected chi connectivity index (χ4v) is 2.63. The number of para-hydroxylation sites is 1. The minimum absolute atomic E-state index is 0.0402. The molecule has 0 aliphatic carbocycles. The first-order valence-corrected chi connectivity index (χ1v) is 6.65. The Bertz CT molecular complexity index is 679. The standard InChI is InChI=1S/C13H12N2O4S/c1-13(2,12(16)17)10-7-20-11(14-10)8-5-3-4-6-9(8)15(18)19/h3-7H,1-2H3,(H,16,17). The van der Waals surface area contributed by atoms with Gasteiger partial charge in [0.25, 0.3) is 5.69 Å². The predicted octanol–water partition coefficient (Wildman–Crippen LogP) is 3.08. The first kappa shape index (κ1) is 14.1. The molecular weight excluding hydrogens is 280 g/mol. The van der Waals surface area contributed by atoms with Crippen molar-refractivity contribution in [1.29, 1.82) is 0 Å². The fraction of sp³-hybridized carbons (Fsp3) is 0.231. The Hall–Kier alpha value is -2.28. The van der Waals surface area contributed by atoms with Crippen LogP contribution in [0.1, 0.15) is 19.5 Å². The maximum atomic E-state index is 11.2. The van der Waals surface area contributed by atoms with Crippen LogP contribution in [0, 0.1) is 10.1 Å². The van der Waals surface area contributed by atoms with Gasteiger partial charge in [-0.1, -0.05) is 12.1 Å². The lowest BCUT2D eigenvalue weighted by Crippen LogP contribution is -2.28. The van der Waals surface area contributed by atoms with Gasteiger partial charge in [-0.2, -0.15) is 0 Å². The van der Waals surface area contributed by atoms with Gasteiger partial charge in [0, 0.05) is 11.4 Å². The largest absolute Gasteiger partial charge is 0.481 e. The van der Waals surface area contributed by atoms with Crippen molar-refractivity contribution in [3.63, 3.8) is 0 Å². The fourth-order valence-electron chi connectivity index (χ4n) is 1.61. The quantitative estimate of drug-likeness (QED) is 0.690. The van der Waals surface area contributed by atoms with Crippen molar-refractivity contribution >= 4 is 23.0 Å². The van der Waals surface area contributed by atoms with E-state index in [2.05, 4.69) is 4.98 Å². The van der Waals surface area contributed by atoms with E-state index in [4.69, 9.17) is 0 Å². The molecule has 0 fully saturated rings. The number of aromatic nitrogens is 1. The van der Waals surface area contributed by atoms with Gasteiger partial charge in [-0.25, -0.2) is 4.98 Å². The highest BCUT2D eigenvalue weighted by Gasteiger charge is 2.32. The number of nitro groups is 1. The van der Waals surface area contributed by atoms with Gasteiger partial charge in [-0.3, -0.25) is 14.9 Å². The number of rotatable bonds is 4. The third kappa shape index (κ3) is 2.39. The van der Waals surface area contributed by atoms with E-state index in [-0.39, 0.29) is 5.69 Å². The van der Waals surface area contributed by atoms with Crippen LogP contribution < -0.4 is 0 Å². The minimum atomic E-state index is -1.13. The number of aliphatic carboxylic acids is 1. The number of thiazole rings is 1. The van der Waals surface area contributed by atoms with E-state index in [0.29, 0.717) is 16.3 Å². The summed E-state index contributed by atoms with van der Waals surface area (Å²) in [5, 5.41) is 22.2. The molecule has 20 heavy (non-hydrogen) atoms. The number of carboxylic acid groups (broad SMARTS) is 1. The molecular formula is C13H12N2O4S. The second-order valence-electron chi connectivity index (χ2n) is 4.74. The summed E-state index contributed by atoms with van der Waals surface area (Å²) < 4.78 is 0. The Labute approximate surface area is 118 Å². The number of hydrogen-bond donors (Lipinski definition) is 1. The van der Waals surface area contributed by atoms with Crippen LogP contribution in [0.5, 0.6) is 0 Å². The van der Waals surface area contributed by atoms with Crippen molar-refractivity contribution in [1.82, 2.24) is 4.98 Å². The highest BCUT2D eigenvalue weighted by atomic mass is 32.1. The summed E-state index contributed by atoms with van der Waals surface area (Å²) in [6.45, 7) is 3.10. The van der Waals surface area contributed by atoms with Gasteiger partial charge in [-0.05, 0) is 19.9 Å². The van der Waals surface area contributed by atoms with Crippen molar-refractivity contribution in [2.24, 2.45) is 0 Å². The third-order valence-corrected chi connectivity index (χ3v) is 3.89. The lowest BCUT2D eigenvalue weighted by molar-refractivity contribution is -0.384. The molecule has 1 heterocycles. The van der Waals surface area contributed by atoms with Crippen molar-refractivity contribution in [3.05, 3.63) is 45.5 Å². The van der Waals surface area contributed by atoms with E-state index in [1.165, 1.54) is 17.4 Å². The monoisotopic (exact) mass is 292 g/mol.